The Labute approximate surface area is 114 Å². The minimum Gasteiger partial charge on any atom is -0.454 e. The summed E-state index contributed by atoms with van der Waals surface area (Å²) < 4.78 is 47.4. The number of alkyl halides is 3. The molecule has 0 radical (unpaired) electrons. The highest BCUT2D eigenvalue weighted by Crippen LogP contribution is 2.34. The zero-order valence-corrected chi connectivity index (χ0v) is 11.0. The molecule has 1 N–H and O–H groups in total. The van der Waals surface area contributed by atoms with Gasteiger partial charge in [-0.25, -0.2) is 0 Å². The molecule has 1 aromatic carbocycles. The van der Waals surface area contributed by atoms with Gasteiger partial charge in [0.05, 0.1) is 12.6 Å². The number of hydrogen-bond acceptors (Lipinski definition) is 4. The second-order valence-electron chi connectivity index (χ2n) is 4.57. The molecule has 0 fully saturated rings. The van der Waals surface area contributed by atoms with Crippen LogP contribution in [0.15, 0.2) is 18.2 Å². The van der Waals surface area contributed by atoms with Gasteiger partial charge in [0, 0.05) is 6.54 Å². The molecule has 0 amide bonds. The topological polar surface area (TPSA) is 41.9 Å². The number of likely N-dealkylation sites (N-methyl/N-ethyl adjacent to an activating group) is 1. The first-order chi connectivity index (χ1) is 9.39. The van der Waals surface area contributed by atoms with Gasteiger partial charge in [-0.1, -0.05) is 13.0 Å². The third kappa shape index (κ3) is 3.77. The molecule has 1 heterocycles. The van der Waals surface area contributed by atoms with Gasteiger partial charge in [0.2, 0.25) is 6.79 Å². The zero-order valence-electron chi connectivity index (χ0n) is 11.0. The van der Waals surface area contributed by atoms with Crippen LogP contribution in [0.5, 0.6) is 11.5 Å². The summed E-state index contributed by atoms with van der Waals surface area (Å²) in [5.41, 5.74) is 0.509. The Kier molecular flexibility index (Phi) is 4.39. The standard InChI is InChI=1S/C13H16F3NO3/c1-2-17(7-13(14,15)16)6-10(18)9-3-4-11-12(5-9)20-8-19-11/h3-5,10,18H,2,6-8H2,1H3. The van der Waals surface area contributed by atoms with Crippen LogP contribution in [0.3, 0.4) is 0 Å². The summed E-state index contributed by atoms with van der Waals surface area (Å²) in [6.45, 7) is 0.823. The van der Waals surface area contributed by atoms with Crippen molar-refractivity contribution in [3.05, 3.63) is 23.8 Å². The quantitative estimate of drug-likeness (QED) is 0.904. The van der Waals surface area contributed by atoms with E-state index in [1.165, 1.54) is 0 Å². The van der Waals surface area contributed by atoms with E-state index in [-0.39, 0.29) is 19.9 Å². The van der Waals surface area contributed by atoms with E-state index in [0.717, 1.165) is 4.90 Å². The first-order valence-corrected chi connectivity index (χ1v) is 6.26. The molecule has 0 saturated carbocycles. The maximum Gasteiger partial charge on any atom is 0.401 e. The number of rotatable bonds is 5. The first-order valence-electron chi connectivity index (χ1n) is 6.26. The van der Waals surface area contributed by atoms with Gasteiger partial charge in [0.1, 0.15) is 0 Å². The number of halogens is 3. The Morgan fingerprint density at radius 1 is 1.30 bits per heavy atom. The lowest BCUT2D eigenvalue weighted by Crippen LogP contribution is -2.36. The fourth-order valence-corrected chi connectivity index (χ4v) is 2.03. The van der Waals surface area contributed by atoms with Crippen LogP contribution in [-0.4, -0.2) is 42.6 Å². The average Bonchev–Trinajstić information content (AvgIpc) is 2.83. The summed E-state index contributed by atoms with van der Waals surface area (Å²) in [4.78, 5) is 1.15. The van der Waals surface area contributed by atoms with Crippen molar-refractivity contribution in [1.82, 2.24) is 4.90 Å². The SMILES string of the molecule is CCN(CC(O)c1ccc2c(c1)OCO2)CC(F)(F)F. The van der Waals surface area contributed by atoms with Gasteiger partial charge < -0.3 is 14.6 Å². The van der Waals surface area contributed by atoms with Crippen molar-refractivity contribution in [3.63, 3.8) is 0 Å². The predicted octanol–water partition coefficient (Wildman–Crippen LogP) is 2.33. The molecule has 0 spiro atoms. The number of hydrogen-bond donors (Lipinski definition) is 1. The van der Waals surface area contributed by atoms with Gasteiger partial charge in [-0.15, -0.1) is 0 Å². The third-order valence-electron chi connectivity index (χ3n) is 3.06. The molecule has 4 nitrogen and oxygen atoms in total. The number of fused-ring (bicyclic) bond motifs is 1. The number of aliphatic hydroxyl groups excluding tert-OH is 1. The molecule has 1 aliphatic rings. The second-order valence-corrected chi connectivity index (χ2v) is 4.57. The molecule has 0 aromatic heterocycles. The summed E-state index contributed by atoms with van der Waals surface area (Å²) in [6.07, 6.45) is -5.28. The summed E-state index contributed by atoms with van der Waals surface area (Å²) in [7, 11) is 0. The molecule has 0 saturated heterocycles. The minimum absolute atomic E-state index is 0.0876. The zero-order chi connectivity index (χ0) is 14.8. The Morgan fingerprint density at radius 2 is 2.00 bits per heavy atom. The van der Waals surface area contributed by atoms with Gasteiger partial charge >= 0.3 is 6.18 Å². The fourth-order valence-electron chi connectivity index (χ4n) is 2.03. The Bertz CT molecular complexity index is 465. The maximum atomic E-state index is 12.4. The Morgan fingerprint density at radius 3 is 2.65 bits per heavy atom. The molecule has 0 bridgehead atoms. The minimum atomic E-state index is -4.27. The molecule has 1 unspecified atom stereocenters. The van der Waals surface area contributed by atoms with Crippen LogP contribution in [0.1, 0.15) is 18.6 Å². The van der Waals surface area contributed by atoms with Crippen LogP contribution in [0, 0.1) is 0 Å². The number of nitrogens with zero attached hydrogens (tertiary/aromatic N) is 1. The monoisotopic (exact) mass is 291 g/mol. The predicted molar refractivity (Wildman–Crippen MR) is 65.7 cm³/mol. The second kappa shape index (κ2) is 5.88. The Hall–Kier alpha value is -1.47. The Balaban J connectivity index is 2.01. The number of aliphatic hydroxyl groups is 1. The highest BCUT2D eigenvalue weighted by Gasteiger charge is 2.31. The molecule has 0 aliphatic carbocycles. The van der Waals surface area contributed by atoms with Crippen molar-refractivity contribution >= 4 is 0 Å². The van der Waals surface area contributed by atoms with Crippen molar-refractivity contribution in [2.45, 2.75) is 19.2 Å². The lowest BCUT2D eigenvalue weighted by molar-refractivity contribution is -0.148. The van der Waals surface area contributed by atoms with Crippen LogP contribution >= 0.6 is 0 Å². The average molecular weight is 291 g/mol. The first kappa shape index (κ1) is 14.9. The van der Waals surface area contributed by atoms with E-state index in [0.29, 0.717) is 17.1 Å². The van der Waals surface area contributed by atoms with Gasteiger partial charge in [-0.3, -0.25) is 4.90 Å². The normalized spacial score (nSPS) is 15.7. The maximum absolute atomic E-state index is 12.4. The van der Waals surface area contributed by atoms with Gasteiger partial charge in [0.25, 0.3) is 0 Å². The van der Waals surface area contributed by atoms with Crippen LogP contribution in [-0.2, 0) is 0 Å². The summed E-state index contributed by atoms with van der Waals surface area (Å²) >= 11 is 0. The van der Waals surface area contributed by atoms with E-state index in [9.17, 15) is 18.3 Å². The van der Waals surface area contributed by atoms with Crippen molar-refractivity contribution in [2.75, 3.05) is 26.4 Å². The van der Waals surface area contributed by atoms with Crippen molar-refractivity contribution in [3.8, 4) is 11.5 Å². The molecule has 1 aromatic rings. The molecule has 2 rings (SSSR count). The van der Waals surface area contributed by atoms with E-state index in [2.05, 4.69) is 0 Å². The highest BCUT2D eigenvalue weighted by atomic mass is 19.4. The highest BCUT2D eigenvalue weighted by molar-refractivity contribution is 5.45. The lowest BCUT2D eigenvalue weighted by atomic mass is 10.1. The van der Waals surface area contributed by atoms with Crippen molar-refractivity contribution < 1.29 is 27.8 Å². The van der Waals surface area contributed by atoms with E-state index in [1.807, 2.05) is 0 Å². The third-order valence-corrected chi connectivity index (χ3v) is 3.06. The largest absolute Gasteiger partial charge is 0.454 e. The fraction of sp³-hybridized carbons (Fsp3) is 0.538. The van der Waals surface area contributed by atoms with E-state index in [4.69, 9.17) is 9.47 Å². The van der Waals surface area contributed by atoms with E-state index in [1.54, 1.807) is 25.1 Å². The van der Waals surface area contributed by atoms with Crippen LogP contribution < -0.4 is 9.47 Å². The molecular formula is C13H16F3NO3. The molecule has 7 heteroatoms. The lowest BCUT2D eigenvalue weighted by Gasteiger charge is -2.24. The van der Waals surface area contributed by atoms with E-state index >= 15 is 0 Å². The molecule has 20 heavy (non-hydrogen) atoms. The summed E-state index contributed by atoms with van der Waals surface area (Å²) in [5.74, 6) is 1.07. The number of benzene rings is 1. The van der Waals surface area contributed by atoms with Gasteiger partial charge in [0.15, 0.2) is 11.5 Å². The van der Waals surface area contributed by atoms with Gasteiger partial charge in [-0.05, 0) is 24.2 Å². The molecular weight excluding hydrogens is 275 g/mol. The van der Waals surface area contributed by atoms with Crippen LogP contribution in [0.25, 0.3) is 0 Å². The van der Waals surface area contributed by atoms with E-state index < -0.39 is 18.8 Å². The van der Waals surface area contributed by atoms with Gasteiger partial charge in [-0.2, -0.15) is 13.2 Å². The smallest absolute Gasteiger partial charge is 0.401 e. The molecule has 112 valence electrons. The van der Waals surface area contributed by atoms with Crippen LogP contribution in [0.2, 0.25) is 0 Å². The number of ether oxygens (including phenoxy) is 2. The molecule has 1 atom stereocenters. The van der Waals surface area contributed by atoms with Crippen LogP contribution in [0.4, 0.5) is 13.2 Å². The summed E-state index contributed by atoms with van der Waals surface area (Å²) in [5, 5.41) is 10.0. The molecule has 1 aliphatic heterocycles. The van der Waals surface area contributed by atoms with Crippen molar-refractivity contribution in [2.24, 2.45) is 0 Å². The van der Waals surface area contributed by atoms with Crippen molar-refractivity contribution in [1.29, 1.82) is 0 Å². The summed E-state index contributed by atoms with van der Waals surface area (Å²) in [6, 6.07) is 4.86.